The monoisotopic (exact) mass is 260 g/mol. The molecule has 0 aliphatic heterocycles. The minimum atomic E-state index is 0.376. The fourth-order valence-corrected chi connectivity index (χ4v) is 3.43. The molecule has 0 bridgehead atoms. The first-order valence-electron chi connectivity index (χ1n) is 4.79. The molecule has 1 rings (SSSR count). The molecule has 0 unspecified atom stereocenters. The fourth-order valence-electron chi connectivity index (χ4n) is 1.56. The van der Waals surface area contributed by atoms with Gasteiger partial charge in [-0.1, -0.05) is 20.8 Å². The van der Waals surface area contributed by atoms with Crippen molar-refractivity contribution in [1.29, 1.82) is 0 Å². The van der Waals surface area contributed by atoms with Crippen LogP contribution in [0, 0.1) is 6.92 Å². The highest BCUT2D eigenvalue weighted by molar-refractivity contribution is 9.10. The lowest BCUT2D eigenvalue weighted by molar-refractivity contribution is 0.446. The lowest BCUT2D eigenvalue weighted by Gasteiger charge is -2.26. The van der Waals surface area contributed by atoms with E-state index in [9.17, 15) is 0 Å². The van der Waals surface area contributed by atoms with Gasteiger partial charge in [0, 0.05) is 20.1 Å². The first kappa shape index (κ1) is 11.3. The van der Waals surface area contributed by atoms with E-state index >= 15 is 0 Å². The van der Waals surface area contributed by atoms with Crippen LogP contribution >= 0.6 is 27.3 Å². The summed E-state index contributed by atoms with van der Waals surface area (Å²) < 4.78 is 1.26. The Morgan fingerprint density at radius 3 is 2.23 bits per heavy atom. The molecule has 0 spiro atoms. The van der Waals surface area contributed by atoms with Crippen molar-refractivity contribution in [1.82, 2.24) is 0 Å². The molecule has 0 atom stereocenters. The smallest absolute Gasteiger partial charge is 0.0314 e. The van der Waals surface area contributed by atoms with E-state index in [4.69, 9.17) is 0 Å². The van der Waals surface area contributed by atoms with Crippen LogP contribution in [0.5, 0.6) is 0 Å². The molecule has 0 aromatic carbocycles. The number of hydrogen-bond donors (Lipinski definition) is 0. The Morgan fingerprint density at radius 2 is 1.92 bits per heavy atom. The van der Waals surface area contributed by atoms with Gasteiger partial charge in [-0.15, -0.1) is 11.3 Å². The van der Waals surface area contributed by atoms with Gasteiger partial charge in [0.15, 0.2) is 0 Å². The van der Waals surface area contributed by atoms with Crippen LogP contribution in [0.25, 0.3) is 0 Å². The van der Waals surface area contributed by atoms with Gasteiger partial charge < -0.3 is 0 Å². The second-order valence-corrected chi connectivity index (χ2v) is 5.54. The highest BCUT2D eigenvalue weighted by Crippen LogP contribution is 2.40. The van der Waals surface area contributed by atoms with E-state index < -0.39 is 0 Å². The molecule has 0 N–H and O–H groups in total. The van der Waals surface area contributed by atoms with Crippen molar-refractivity contribution >= 4 is 27.3 Å². The van der Waals surface area contributed by atoms with Crippen LogP contribution in [0.3, 0.4) is 0 Å². The summed E-state index contributed by atoms with van der Waals surface area (Å²) in [4.78, 5) is 1.55. The highest BCUT2D eigenvalue weighted by Gasteiger charge is 2.26. The molecular weight excluding hydrogens is 244 g/mol. The molecule has 0 fully saturated rings. The van der Waals surface area contributed by atoms with E-state index in [2.05, 4.69) is 49.0 Å². The standard InChI is InChI=1S/C11H17BrS/c1-5-11(4,6-2)10-8(3)9(12)7-13-10/h7H,5-6H2,1-4H3. The van der Waals surface area contributed by atoms with E-state index in [1.54, 1.807) is 4.88 Å². The summed E-state index contributed by atoms with van der Waals surface area (Å²) >= 11 is 5.46. The molecule has 74 valence electrons. The van der Waals surface area contributed by atoms with Crippen LogP contribution in [-0.4, -0.2) is 0 Å². The maximum absolute atomic E-state index is 3.58. The molecule has 2 heteroatoms. The molecule has 1 aromatic rings. The SMILES string of the molecule is CCC(C)(CC)c1scc(Br)c1C. The second-order valence-electron chi connectivity index (χ2n) is 3.81. The molecule has 0 saturated carbocycles. The summed E-state index contributed by atoms with van der Waals surface area (Å²) in [6, 6.07) is 0. The van der Waals surface area contributed by atoms with Crippen LogP contribution in [0.4, 0.5) is 0 Å². The average Bonchev–Trinajstić information content (AvgIpc) is 2.47. The molecule has 0 saturated heterocycles. The number of thiophene rings is 1. The van der Waals surface area contributed by atoms with Gasteiger partial charge in [0.1, 0.15) is 0 Å². The predicted octanol–water partition coefficient (Wildman–Crippen LogP) is 4.90. The molecule has 1 aromatic heterocycles. The topological polar surface area (TPSA) is 0 Å². The van der Waals surface area contributed by atoms with Gasteiger partial charge in [-0.05, 0) is 41.3 Å². The molecule has 0 amide bonds. The van der Waals surface area contributed by atoms with Crippen molar-refractivity contribution in [2.45, 2.75) is 46.0 Å². The van der Waals surface area contributed by atoms with Gasteiger partial charge in [0.05, 0.1) is 0 Å². The maximum atomic E-state index is 3.58. The molecule has 1 heterocycles. The third kappa shape index (κ3) is 1.99. The van der Waals surface area contributed by atoms with Crippen LogP contribution in [0.2, 0.25) is 0 Å². The van der Waals surface area contributed by atoms with Gasteiger partial charge in [0.2, 0.25) is 0 Å². The van der Waals surface area contributed by atoms with E-state index in [-0.39, 0.29) is 0 Å². The zero-order valence-electron chi connectivity index (χ0n) is 8.78. The molecule has 0 aliphatic rings. The van der Waals surface area contributed by atoms with Gasteiger partial charge in [-0.3, -0.25) is 0 Å². The summed E-state index contributed by atoms with van der Waals surface area (Å²) in [5.41, 5.74) is 1.80. The fraction of sp³-hybridized carbons (Fsp3) is 0.636. The third-order valence-corrected chi connectivity index (χ3v) is 5.60. The molecule has 0 nitrogen and oxygen atoms in total. The molecular formula is C11H17BrS. The summed E-state index contributed by atoms with van der Waals surface area (Å²) in [7, 11) is 0. The Balaban J connectivity index is 3.12. The lowest BCUT2D eigenvalue weighted by atomic mass is 9.82. The van der Waals surface area contributed by atoms with Gasteiger partial charge in [0.25, 0.3) is 0 Å². The van der Waals surface area contributed by atoms with Crippen LogP contribution < -0.4 is 0 Å². The van der Waals surface area contributed by atoms with E-state index in [0.29, 0.717) is 5.41 Å². The van der Waals surface area contributed by atoms with Crippen LogP contribution in [0.1, 0.15) is 44.1 Å². The lowest BCUT2D eigenvalue weighted by Crippen LogP contribution is -2.18. The first-order chi connectivity index (χ1) is 6.05. The predicted molar refractivity (Wildman–Crippen MR) is 64.7 cm³/mol. The average molecular weight is 261 g/mol. The number of halogens is 1. The largest absolute Gasteiger partial charge is 0.147 e. The zero-order valence-corrected chi connectivity index (χ0v) is 11.2. The van der Waals surface area contributed by atoms with Crippen molar-refractivity contribution < 1.29 is 0 Å². The Morgan fingerprint density at radius 1 is 1.38 bits per heavy atom. The molecule has 0 aliphatic carbocycles. The van der Waals surface area contributed by atoms with Crippen molar-refractivity contribution in [3.63, 3.8) is 0 Å². The minimum Gasteiger partial charge on any atom is -0.147 e. The summed E-state index contributed by atoms with van der Waals surface area (Å²) in [6.45, 7) is 9.12. The van der Waals surface area contributed by atoms with E-state index in [0.717, 1.165) is 0 Å². The first-order valence-corrected chi connectivity index (χ1v) is 6.46. The van der Waals surface area contributed by atoms with Crippen molar-refractivity contribution in [3.8, 4) is 0 Å². The number of rotatable bonds is 3. The third-order valence-electron chi connectivity index (χ3n) is 3.09. The zero-order chi connectivity index (χ0) is 10.1. The van der Waals surface area contributed by atoms with E-state index in [1.165, 1.54) is 22.9 Å². The maximum Gasteiger partial charge on any atom is 0.0314 e. The van der Waals surface area contributed by atoms with Crippen molar-refractivity contribution in [2.75, 3.05) is 0 Å². The van der Waals surface area contributed by atoms with Crippen LogP contribution in [-0.2, 0) is 5.41 Å². The Labute approximate surface area is 93.5 Å². The quantitative estimate of drug-likeness (QED) is 0.726. The van der Waals surface area contributed by atoms with E-state index in [1.807, 2.05) is 11.3 Å². The van der Waals surface area contributed by atoms with Gasteiger partial charge in [-0.2, -0.15) is 0 Å². The highest BCUT2D eigenvalue weighted by atomic mass is 79.9. The Hall–Kier alpha value is 0.180. The molecule has 0 radical (unpaired) electrons. The minimum absolute atomic E-state index is 0.376. The van der Waals surface area contributed by atoms with Gasteiger partial charge in [-0.25, -0.2) is 0 Å². The number of hydrogen-bond acceptors (Lipinski definition) is 1. The normalized spacial score (nSPS) is 12.1. The summed E-state index contributed by atoms with van der Waals surface area (Å²) in [6.07, 6.45) is 2.44. The Bertz CT molecular complexity index is 284. The second kappa shape index (κ2) is 4.14. The summed E-state index contributed by atoms with van der Waals surface area (Å²) in [5.74, 6) is 0. The molecule has 13 heavy (non-hydrogen) atoms. The van der Waals surface area contributed by atoms with Gasteiger partial charge >= 0.3 is 0 Å². The summed E-state index contributed by atoms with van der Waals surface area (Å²) in [5, 5.41) is 2.20. The van der Waals surface area contributed by atoms with Crippen molar-refractivity contribution in [2.24, 2.45) is 0 Å². The van der Waals surface area contributed by atoms with Crippen LogP contribution in [0.15, 0.2) is 9.85 Å². The Kier molecular flexibility index (Phi) is 3.58. The van der Waals surface area contributed by atoms with Crippen molar-refractivity contribution in [3.05, 3.63) is 20.3 Å².